The summed E-state index contributed by atoms with van der Waals surface area (Å²) >= 11 is 0. The number of fused-ring (bicyclic) bond motifs is 1. The molecule has 5 heteroatoms. The number of hydrogen-bond donors (Lipinski definition) is 1. The van der Waals surface area contributed by atoms with E-state index in [1.807, 2.05) is 43.3 Å². The van der Waals surface area contributed by atoms with Crippen LogP contribution in [0.2, 0.25) is 0 Å². The van der Waals surface area contributed by atoms with Crippen LogP contribution in [0.25, 0.3) is 0 Å². The summed E-state index contributed by atoms with van der Waals surface area (Å²) in [5.74, 6) is -1.87. The minimum absolute atomic E-state index is 0.129. The molecule has 2 unspecified atom stereocenters. The third kappa shape index (κ3) is 2.90. The first kappa shape index (κ1) is 16.2. The molecule has 2 aromatic rings. The summed E-state index contributed by atoms with van der Waals surface area (Å²) in [6.07, 6.45) is -0.739. The molecule has 1 N–H and O–H groups in total. The molecule has 24 heavy (non-hydrogen) atoms. The minimum Gasteiger partial charge on any atom is -0.481 e. The molecule has 124 valence electrons. The lowest BCUT2D eigenvalue weighted by Gasteiger charge is -2.24. The number of hydrogen-bond acceptors (Lipinski definition) is 3. The Morgan fingerprint density at radius 1 is 1.17 bits per heavy atom. The Hall–Kier alpha value is -2.66. The van der Waals surface area contributed by atoms with Crippen LogP contribution in [0, 0.1) is 0 Å². The zero-order valence-corrected chi connectivity index (χ0v) is 13.4. The van der Waals surface area contributed by atoms with Crippen molar-refractivity contribution in [1.29, 1.82) is 0 Å². The predicted molar refractivity (Wildman–Crippen MR) is 90.0 cm³/mol. The van der Waals surface area contributed by atoms with E-state index in [0.29, 0.717) is 17.9 Å². The minimum atomic E-state index is -0.926. The SMILES string of the molecule is CCOC(C(=O)N1CC(C(=O)O)c2ccccc21)c1ccccc1. The maximum absolute atomic E-state index is 13.1. The van der Waals surface area contributed by atoms with E-state index in [1.54, 1.807) is 18.2 Å². The molecule has 1 aliphatic heterocycles. The third-order valence-corrected chi connectivity index (χ3v) is 4.19. The topological polar surface area (TPSA) is 66.8 Å². The highest BCUT2D eigenvalue weighted by Crippen LogP contribution is 2.38. The van der Waals surface area contributed by atoms with Crippen LogP contribution < -0.4 is 4.90 Å². The van der Waals surface area contributed by atoms with E-state index < -0.39 is 18.0 Å². The number of rotatable bonds is 5. The summed E-state index contributed by atoms with van der Waals surface area (Å²) in [6.45, 7) is 2.36. The fourth-order valence-electron chi connectivity index (χ4n) is 3.07. The summed E-state index contributed by atoms with van der Waals surface area (Å²) in [6, 6.07) is 16.4. The molecule has 0 saturated carbocycles. The average molecular weight is 325 g/mol. The van der Waals surface area contributed by atoms with Gasteiger partial charge in [-0.25, -0.2) is 0 Å². The summed E-state index contributed by atoms with van der Waals surface area (Å²) in [5.41, 5.74) is 2.08. The molecule has 1 aliphatic rings. The normalized spacial score (nSPS) is 17.4. The van der Waals surface area contributed by atoms with Crippen LogP contribution in [0.5, 0.6) is 0 Å². The molecule has 0 aromatic heterocycles. The van der Waals surface area contributed by atoms with Crippen LogP contribution in [0.1, 0.15) is 30.1 Å². The molecule has 0 aliphatic carbocycles. The van der Waals surface area contributed by atoms with Crippen LogP contribution in [0.15, 0.2) is 54.6 Å². The quantitative estimate of drug-likeness (QED) is 0.918. The van der Waals surface area contributed by atoms with Crippen LogP contribution in [0.3, 0.4) is 0 Å². The van der Waals surface area contributed by atoms with Gasteiger partial charge in [0.2, 0.25) is 0 Å². The van der Waals surface area contributed by atoms with Crippen molar-refractivity contribution >= 4 is 17.6 Å². The summed E-state index contributed by atoms with van der Waals surface area (Å²) in [4.78, 5) is 26.1. The lowest BCUT2D eigenvalue weighted by molar-refractivity contribution is -0.138. The lowest BCUT2D eigenvalue weighted by Crippen LogP contribution is -2.36. The molecular formula is C19H19NO4. The van der Waals surface area contributed by atoms with Crippen LogP contribution in [0.4, 0.5) is 5.69 Å². The van der Waals surface area contributed by atoms with Gasteiger partial charge in [0.1, 0.15) is 5.92 Å². The highest BCUT2D eigenvalue weighted by atomic mass is 16.5. The molecule has 1 amide bonds. The smallest absolute Gasteiger partial charge is 0.312 e. The second kappa shape index (κ2) is 6.84. The number of carboxylic acid groups (broad SMARTS) is 1. The van der Waals surface area contributed by atoms with Crippen molar-refractivity contribution < 1.29 is 19.4 Å². The van der Waals surface area contributed by atoms with Crippen molar-refractivity contribution in [2.75, 3.05) is 18.1 Å². The number of para-hydroxylation sites is 1. The van der Waals surface area contributed by atoms with E-state index in [4.69, 9.17) is 4.74 Å². The maximum atomic E-state index is 13.1. The highest BCUT2D eigenvalue weighted by Gasteiger charge is 2.39. The fourth-order valence-corrected chi connectivity index (χ4v) is 3.07. The number of benzene rings is 2. The van der Waals surface area contributed by atoms with Crippen molar-refractivity contribution in [3.8, 4) is 0 Å². The van der Waals surface area contributed by atoms with Gasteiger partial charge in [0, 0.05) is 18.8 Å². The van der Waals surface area contributed by atoms with Crippen molar-refractivity contribution in [3.05, 3.63) is 65.7 Å². The molecule has 0 saturated heterocycles. The highest BCUT2D eigenvalue weighted by molar-refractivity contribution is 6.01. The largest absolute Gasteiger partial charge is 0.481 e. The molecule has 0 spiro atoms. The molecule has 0 bridgehead atoms. The first-order chi connectivity index (χ1) is 11.6. The van der Waals surface area contributed by atoms with Crippen LogP contribution in [-0.4, -0.2) is 30.1 Å². The van der Waals surface area contributed by atoms with E-state index in [2.05, 4.69) is 0 Å². The van der Waals surface area contributed by atoms with Gasteiger partial charge in [-0.2, -0.15) is 0 Å². The van der Waals surface area contributed by atoms with Crippen molar-refractivity contribution in [2.24, 2.45) is 0 Å². The predicted octanol–water partition coefficient (Wildman–Crippen LogP) is 2.98. The number of carboxylic acids is 1. The summed E-state index contributed by atoms with van der Waals surface area (Å²) < 4.78 is 5.67. The second-order valence-corrected chi connectivity index (χ2v) is 5.64. The number of aliphatic carboxylic acids is 1. The van der Waals surface area contributed by atoms with Gasteiger partial charge in [-0.05, 0) is 24.1 Å². The van der Waals surface area contributed by atoms with Gasteiger partial charge in [0.05, 0.1) is 0 Å². The van der Waals surface area contributed by atoms with E-state index in [0.717, 1.165) is 5.56 Å². The molecule has 2 aromatic carbocycles. The number of ether oxygens (including phenoxy) is 1. The van der Waals surface area contributed by atoms with Gasteiger partial charge in [-0.15, -0.1) is 0 Å². The maximum Gasteiger partial charge on any atom is 0.312 e. The van der Waals surface area contributed by atoms with Gasteiger partial charge in [0.25, 0.3) is 5.91 Å². The molecule has 1 heterocycles. The third-order valence-electron chi connectivity index (χ3n) is 4.19. The number of carbonyl (C=O) groups is 2. The van der Waals surface area contributed by atoms with Crippen molar-refractivity contribution in [3.63, 3.8) is 0 Å². The summed E-state index contributed by atoms with van der Waals surface area (Å²) in [7, 11) is 0. The average Bonchev–Trinajstić information content (AvgIpc) is 3.00. The molecule has 2 atom stereocenters. The fraction of sp³-hybridized carbons (Fsp3) is 0.263. The van der Waals surface area contributed by atoms with Crippen molar-refractivity contribution in [1.82, 2.24) is 0 Å². The lowest BCUT2D eigenvalue weighted by atomic mass is 10.0. The Labute approximate surface area is 140 Å². The first-order valence-electron chi connectivity index (χ1n) is 7.93. The van der Waals surface area contributed by atoms with Gasteiger partial charge >= 0.3 is 5.97 Å². The Balaban J connectivity index is 1.95. The Morgan fingerprint density at radius 2 is 1.83 bits per heavy atom. The zero-order valence-electron chi connectivity index (χ0n) is 13.4. The zero-order chi connectivity index (χ0) is 17.1. The molecular weight excluding hydrogens is 306 g/mol. The molecule has 0 fully saturated rings. The second-order valence-electron chi connectivity index (χ2n) is 5.64. The van der Waals surface area contributed by atoms with Crippen LogP contribution >= 0.6 is 0 Å². The Morgan fingerprint density at radius 3 is 2.50 bits per heavy atom. The summed E-state index contributed by atoms with van der Waals surface area (Å²) in [5, 5.41) is 9.45. The van der Waals surface area contributed by atoms with E-state index >= 15 is 0 Å². The standard InChI is InChI=1S/C19H19NO4/c1-2-24-17(13-8-4-3-5-9-13)18(21)20-12-15(19(22)23)14-10-6-7-11-16(14)20/h3-11,15,17H,2,12H2,1H3,(H,22,23). The van der Waals surface area contributed by atoms with Gasteiger partial charge in [-0.3, -0.25) is 9.59 Å². The number of anilines is 1. The monoisotopic (exact) mass is 325 g/mol. The van der Waals surface area contributed by atoms with E-state index in [-0.39, 0.29) is 12.5 Å². The van der Waals surface area contributed by atoms with Gasteiger partial charge in [-0.1, -0.05) is 48.5 Å². The number of carbonyl (C=O) groups excluding carboxylic acids is 1. The van der Waals surface area contributed by atoms with Crippen molar-refractivity contribution in [2.45, 2.75) is 18.9 Å². The number of nitrogens with zero attached hydrogens (tertiary/aromatic N) is 1. The van der Waals surface area contributed by atoms with Gasteiger partial charge in [0.15, 0.2) is 6.10 Å². The van der Waals surface area contributed by atoms with E-state index in [1.165, 1.54) is 4.90 Å². The van der Waals surface area contributed by atoms with E-state index in [9.17, 15) is 14.7 Å². The molecule has 3 rings (SSSR count). The van der Waals surface area contributed by atoms with Gasteiger partial charge < -0.3 is 14.7 Å². The molecule has 0 radical (unpaired) electrons. The molecule has 5 nitrogen and oxygen atoms in total. The number of amides is 1. The van der Waals surface area contributed by atoms with Crippen LogP contribution in [-0.2, 0) is 14.3 Å². The first-order valence-corrected chi connectivity index (χ1v) is 7.93. The Bertz CT molecular complexity index is 744. The Kier molecular flexibility index (Phi) is 4.62.